The number of anilines is 1. The minimum Gasteiger partial charge on any atom is -0.457 e. The minimum atomic E-state index is -0.176. The van der Waals surface area contributed by atoms with Crippen LogP contribution in [0, 0.1) is 6.92 Å². The third kappa shape index (κ3) is 3.15. The van der Waals surface area contributed by atoms with Crippen LogP contribution in [0.25, 0.3) is 0 Å². The fourth-order valence-electron chi connectivity index (χ4n) is 2.10. The number of hydrogen-bond acceptors (Lipinski definition) is 3. The molecule has 0 atom stereocenters. The quantitative estimate of drug-likeness (QED) is 0.769. The number of ether oxygens (including phenoxy) is 1. The topological polar surface area (TPSA) is 67.0 Å². The van der Waals surface area contributed by atoms with Gasteiger partial charge < -0.3 is 10.1 Å². The van der Waals surface area contributed by atoms with Crippen LogP contribution in [0.5, 0.6) is 11.5 Å². The summed E-state index contributed by atoms with van der Waals surface area (Å²) in [6.07, 6.45) is 3.18. The highest BCUT2D eigenvalue weighted by Crippen LogP contribution is 2.24. The van der Waals surface area contributed by atoms with Crippen molar-refractivity contribution in [2.75, 3.05) is 5.32 Å². The van der Waals surface area contributed by atoms with Crippen molar-refractivity contribution in [3.8, 4) is 11.5 Å². The van der Waals surface area contributed by atoms with Crippen molar-refractivity contribution in [3.05, 3.63) is 72.1 Å². The maximum absolute atomic E-state index is 12.2. The molecule has 5 nitrogen and oxygen atoms in total. The monoisotopic (exact) mass is 293 g/mol. The van der Waals surface area contributed by atoms with Crippen LogP contribution in [-0.2, 0) is 0 Å². The number of amides is 1. The van der Waals surface area contributed by atoms with Crippen molar-refractivity contribution in [1.82, 2.24) is 10.2 Å². The maximum Gasteiger partial charge on any atom is 0.256 e. The number of benzene rings is 2. The standard InChI is InChI=1S/C17H15N3O2/c1-12-9-15(22-14-5-3-2-4-6-14)7-8-16(12)17(21)20-13-10-18-19-11-13/h2-11H,1H3,(H,18,19)(H,20,21). The molecule has 0 aliphatic rings. The lowest BCUT2D eigenvalue weighted by Gasteiger charge is -2.09. The number of nitrogens with one attached hydrogen (secondary N) is 2. The Balaban J connectivity index is 1.76. The van der Waals surface area contributed by atoms with Crippen LogP contribution >= 0.6 is 0 Å². The predicted octanol–water partition coefficient (Wildman–Crippen LogP) is 3.76. The Labute approximate surface area is 127 Å². The molecule has 0 bridgehead atoms. The fraction of sp³-hybridized carbons (Fsp3) is 0.0588. The number of rotatable bonds is 4. The molecule has 5 heteroatoms. The summed E-state index contributed by atoms with van der Waals surface area (Å²) in [5.74, 6) is 1.28. The van der Waals surface area contributed by atoms with Crippen LogP contribution in [0.15, 0.2) is 60.9 Å². The van der Waals surface area contributed by atoms with Gasteiger partial charge in [0.1, 0.15) is 11.5 Å². The molecule has 0 radical (unpaired) electrons. The smallest absolute Gasteiger partial charge is 0.256 e. The van der Waals surface area contributed by atoms with Gasteiger partial charge >= 0.3 is 0 Å². The van der Waals surface area contributed by atoms with Gasteiger partial charge in [0, 0.05) is 11.8 Å². The SMILES string of the molecule is Cc1cc(Oc2ccccc2)ccc1C(=O)Nc1cn[nH]c1. The van der Waals surface area contributed by atoms with E-state index in [1.165, 1.54) is 0 Å². The Morgan fingerprint density at radius 3 is 2.64 bits per heavy atom. The van der Waals surface area contributed by atoms with Crippen LogP contribution in [0.2, 0.25) is 0 Å². The lowest BCUT2D eigenvalue weighted by molar-refractivity contribution is 0.102. The molecule has 1 amide bonds. The molecular weight excluding hydrogens is 278 g/mol. The summed E-state index contributed by atoms with van der Waals surface area (Å²) in [7, 11) is 0. The van der Waals surface area contributed by atoms with E-state index < -0.39 is 0 Å². The van der Waals surface area contributed by atoms with E-state index in [-0.39, 0.29) is 5.91 Å². The second-order valence-electron chi connectivity index (χ2n) is 4.83. The van der Waals surface area contributed by atoms with E-state index in [2.05, 4.69) is 15.5 Å². The molecule has 0 spiro atoms. The van der Waals surface area contributed by atoms with Gasteiger partial charge in [0.05, 0.1) is 11.9 Å². The number of para-hydroxylation sites is 1. The highest BCUT2D eigenvalue weighted by Gasteiger charge is 2.11. The van der Waals surface area contributed by atoms with Gasteiger partial charge in [-0.3, -0.25) is 9.89 Å². The summed E-state index contributed by atoms with van der Waals surface area (Å²) in [5, 5.41) is 9.22. The third-order valence-corrected chi connectivity index (χ3v) is 3.18. The highest BCUT2D eigenvalue weighted by atomic mass is 16.5. The molecule has 22 heavy (non-hydrogen) atoms. The minimum absolute atomic E-state index is 0.176. The van der Waals surface area contributed by atoms with Crippen molar-refractivity contribution in [2.24, 2.45) is 0 Å². The molecular formula is C17H15N3O2. The van der Waals surface area contributed by atoms with Crippen LogP contribution in [0.3, 0.4) is 0 Å². The average Bonchev–Trinajstić information content (AvgIpc) is 3.01. The van der Waals surface area contributed by atoms with Crippen LogP contribution < -0.4 is 10.1 Å². The molecule has 0 saturated carbocycles. The molecule has 0 fully saturated rings. The van der Waals surface area contributed by atoms with Gasteiger partial charge in [0.15, 0.2) is 0 Å². The first-order chi connectivity index (χ1) is 10.7. The molecule has 110 valence electrons. The van der Waals surface area contributed by atoms with Crippen molar-refractivity contribution < 1.29 is 9.53 Å². The molecule has 0 unspecified atom stereocenters. The second kappa shape index (κ2) is 6.13. The number of hydrogen-bond donors (Lipinski definition) is 2. The molecule has 0 saturated heterocycles. The summed E-state index contributed by atoms with van der Waals surface area (Å²) in [6.45, 7) is 1.88. The van der Waals surface area contributed by atoms with Crippen molar-refractivity contribution in [2.45, 2.75) is 6.92 Å². The van der Waals surface area contributed by atoms with Gasteiger partial charge in [-0.2, -0.15) is 5.10 Å². The van der Waals surface area contributed by atoms with E-state index in [1.54, 1.807) is 24.5 Å². The second-order valence-corrected chi connectivity index (χ2v) is 4.83. The van der Waals surface area contributed by atoms with E-state index in [4.69, 9.17) is 4.74 Å². The molecule has 1 heterocycles. The molecule has 1 aromatic heterocycles. The Bertz CT molecular complexity index is 768. The number of aromatic amines is 1. The number of aryl methyl sites for hydroxylation is 1. The molecule has 0 aliphatic heterocycles. The molecule has 2 aromatic carbocycles. The number of aromatic nitrogens is 2. The number of carbonyl (C=O) groups excluding carboxylic acids is 1. The van der Waals surface area contributed by atoms with Crippen LogP contribution in [0.1, 0.15) is 15.9 Å². The summed E-state index contributed by atoms with van der Waals surface area (Å²) in [4.78, 5) is 12.2. The van der Waals surface area contributed by atoms with Gasteiger partial charge in [0.25, 0.3) is 5.91 Å². The van der Waals surface area contributed by atoms with Gasteiger partial charge in [-0.15, -0.1) is 0 Å². The zero-order valence-electron chi connectivity index (χ0n) is 12.0. The first-order valence-corrected chi connectivity index (χ1v) is 6.86. The van der Waals surface area contributed by atoms with Crippen molar-refractivity contribution >= 4 is 11.6 Å². The van der Waals surface area contributed by atoms with Crippen molar-refractivity contribution in [3.63, 3.8) is 0 Å². The predicted molar refractivity (Wildman–Crippen MR) is 84.2 cm³/mol. The summed E-state index contributed by atoms with van der Waals surface area (Å²) in [6, 6.07) is 14.9. The van der Waals surface area contributed by atoms with Crippen molar-refractivity contribution in [1.29, 1.82) is 0 Å². The number of nitrogens with zero attached hydrogens (tertiary/aromatic N) is 1. The largest absolute Gasteiger partial charge is 0.457 e. The van der Waals surface area contributed by atoms with Gasteiger partial charge in [-0.25, -0.2) is 0 Å². The van der Waals surface area contributed by atoms with E-state index in [0.717, 1.165) is 11.3 Å². The normalized spacial score (nSPS) is 10.2. The first-order valence-electron chi connectivity index (χ1n) is 6.86. The lowest BCUT2D eigenvalue weighted by atomic mass is 10.1. The third-order valence-electron chi connectivity index (χ3n) is 3.18. The van der Waals surface area contributed by atoms with E-state index in [1.807, 2.05) is 43.3 Å². The van der Waals surface area contributed by atoms with Crippen LogP contribution in [0.4, 0.5) is 5.69 Å². The van der Waals surface area contributed by atoms with Gasteiger partial charge in [0.2, 0.25) is 0 Å². The molecule has 3 rings (SSSR count). The lowest BCUT2D eigenvalue weighted by Crippen LogP contribution is -2.12. The zero-order chi connectivity index (χ0) is 15.4. The Morgan fingerprint density at radius 1 is 1.14 bits per heavy atom. The highest BCUT2D eigenvalue weighted by molar-refractivity contribution is 6.05. The zero-order valence-corrected chi connectivity index (χ0v) is 12.0. The summed E-state index contributed by atoms with van der Waals surface area (Å²) < 4.78 is 5.75. The van der Waals surface area contributed by atoms with Gasteiger partial charge in [-0.05, 0) is 42.8 Å². The molecule has 3 aromatic rings. The van der Waals surface area contributed by atoms with E-state index in [0.29, 0.717) is 17.0 Å². The van der Waals surface area contributed by atoms with Crippen LogP contribution in [-0.4, -0.2) is 16.1 Å². The average molecular weight is 293 g/mol. The summed E-state index contributed by atoms with van der Waals surface area (Å²) in [5.41, 5.74) is 2.07. The maximum atomic E-state index is 12.2. The van der Waals surface area contributed by atoms with E-state index >= 15 is 0 Å². The molecule has 2 N–H and O–H groups in total. The summed E-state index contributed by atoms with van der Waals surface area (Å²) >= 11 is 0. The fourth-order valence-corrected chi connectivity index (χ4v) is 2.10. The number of H-pyrrole nitrogens is 1. The van der Waals surface area contributed by atoms with E-state index in [9.17, 15) is 4.79 Å². The Morgan fingerprint density at radius 2 is 1.95 bits per heavy atom. The Hall–Kier alpha value is -3.08. The molecule has 0 aliphatic carbocycles. The van der Waals surface area contributed by atoms with Gasteiger partial charge in [-0.1, -0.05) is 18.2 Å². The first kappa shape index (κ1) is 13.9. The Kier molecular flexibility index (Phi) is 3.87. The number of carbonyl (C=O) groups is 1.